The van der Waals surface area contributed by atoms with Gasteiger partial charge in [-0.2, -0.15) is 0 Å². The van der Waals surface area contributed by atoms with E-state index in [2.05, 4.69) is 9.80 Å². The van der Waals surface area contributed by atoms with Crippen LogP contribution in [-0.4, -0.2) is 84.6 Å². The smallest absolute Gasteiger partial charge is 0.308 e. The van der Waals surface area contributed by atoms with Gasteiger partial charge in [0.25, 0.3) is 0 Å². The molecule has 1 aliphatic heterocycles. The van der Waals surface area contributed by atoms with Gasteiger partial charge in [0.1, 0.15) is 0 Å². The highest BCUT2D eigenvalue weighted by molar-refractivity contribution is 5.69. The molecule has 6 heteroatoms. The molecular weight excluding hydrogens is 248 g/mol. The number of carbonyl (C=O) groups is 1. The Hall–Kier alpha value is -0.690. The molecule has 19 heavy (non-hydrogen) atoms. The SMILES string of the molecule is CCOC(=O)CC(O)CN1CC(O)CC1CN(C)C. The number of esters is 1. The Bertz CT molecular complexity index is 286. The van der Waals surface area contributed by atoms with Gasteiger partial charge in [0.05, 0.1) is 25.2 Å². The fourth-order valence-electron chi connectivity index (χ4n) is 2.54. The second-order valence-corrected chi connectivity index (χ2v) is 5.42. The molecule has 1 heterocycles. The van der Waals surface area contributed by atoms with Crippen LogP contribution in [0.15, 0.2) is 0 Å². The van der Waals surface area contributed by atoms with Gasteiger partial charge in [-0.3, -0.25) is 9.69 Å². The first kappa shape index (κ1) is 16.4. The van der Waals surface area contributed by atoms with Gasteiger partial charge in [-0.05, 0) is 27.4 Å². The normalized spacial score (nSPS) is 25.8. The van der Waals surface area contributed by atoms with Crippen molar-refractivity contribution in [1.82, 2.24) is 9.80 Å². The van der Waals surface area contributed by atoms with E-state index in [-0.39, 0.29) is 24.5 Å². The molecule has 1 fully saturated rings. The number of likely N-dealkylation sites (tertiary alicyclic amines) is 1. The minimum absolute atomic E-state index is 0.00905. The summed E-state index contributed by atoms with van der Waals surface area (Å²) >= 11 is 0. The number of hydrogen-bond acceptors (Lipinski definition) is 6. The average molecular weight is 274 g/mol. The van der Waals surface area contributed by atoms with Crippen LogP contribution in [0.5, 0.6) is 0 Å². The molecule has 1 aliphatic rings. The van der Waals surface area contributed by atoms with Gasteiger partial charge in [-0.1, -0.05) is 0 Å². The van der Waals surface area contributed by atoms with E-state index in [1.807, 2.05) is 14.1 Å². The largest absolute Gasteiger partial charge is 0.466 e. The number of rotatable bonds is 7. The van der Waals surface area contributed by atoms with Gasteiger partial charge in [0.2, 0.25) is 0 Å². The molecule has 0 radical (unpaired) electrons. The summed E-state index contributed by atoms with van der Waals surface area (Å²) in [7, 11) is 3.97. The average Bonchev–Trinajstić information content (AvgIpc) is 2.57. The van der Waals surface area contributed by atoms with Gasteiger partial charge < -0.3 is 19.8 Å². The quantitative estimate of drug-likeness (QED) is 0.598. The Morgan fingerprint density at radius 1 is 1.53 bits per heavy atom. The summed E-state index contributed by atoms with van der Waals surface area (Å²) in [6.45, 7) is 3.86. The van der Waals surface area contributed by atoms with Crippen molar-refractivity contribution in [2.75, 3.05) is 40.3 Å². The minimum Gasteiger partial charge on any atom is -0.466 e. The van der Waals surface area contributed by atoms with Crippen LogP contribution < -0.4 is 0 Å². The van der Waals surface area contributed by atoms with E-state index in [0.29, 0.717) is 26.1 Å². The molecule has 112 valence electrons. The van der Waals surface area contributed by atoms with Crippen molar-refractivity contribution in [2.45, 2.75) is 38.0 Å². The van der Waals surface area contributed by atoms with Crippen LogP contribution in [0, 0.1) is 0 Å². The lowest BCUT2D eigenvalue weighted by Crippen LogP contribution is -2.42. The molecule has 3 unspecified atom stereocenters. The maximum Gasteiger partial charge on any atom is 0.308 e. The van der Waals surface area contributed by atoms with Gasteiger partial charge in [-0.25, -0.2) is 0 Å². The third-order valence-corrected chi connectivity index (χ3v) is 3.23. The van der Waals surface area contributed by atoms with Crippen LogP contribution in [0.25, 0.3) is 0 Å². The van der Waals surface area contributed by atoms with Crippen molar-refractivity contribution in [3.8, 4) is 0 Å². The van der Waals surface area contributed by atoms with E-state index >= 15 is 0 Å². The summed E-state index contributed by atoms with van der Waals surface area (Å²) in [4.78, 5) is 15.4. The number of ether oxygens (including phenoxy) is 1. The first-order valence-corrected chi connectivity index (χ1v) is 6.82. The Morgan fingerprint density at radius 3 is 2.79 bits per heavy atom. The molecule has 1 rings (SSSR count). The van der Waals surface area contributed by atoms with Crippen LogP contribution in [0.2, 0.25) is 0 Å². The number of nitrogens with zero attached hydrogens (tertiary/aromatic N) is 2. The Labute approximate surface area is 114 Å². The van der Waals surface area contributed by atoms with Crippen molar-refractivity contribution in [3.05, 3.63) is 0 Å². The van der Waals surface area contributed by atoms with Crippen molar-refractivity contribution in [1.29, 1.82) is 0 Å². The molecule has 0 bridgehead atoms. The summed E-state index contributed by atoms with van der Waals surface area (Å²) in [6, 6.07) is 0.224. The molecule has 0 aromatic rings. The molecule has 0 saturated carbocycles. The van der Waals surface area contributed by atoms with E-state index < -0.39 is 6.10 Å². The maximum atomic E-state index is 11.3. The van der Waals surface area contributed by atoms with Crippen molar-refractivity contribution >= 4 is 5.97 Å². The Morgan fingerprint density at radius 2 is 2.21 bits per heavy atom. The van der Waals surface area contributed by atoms with E-state index in [1.54, 1.807) is 6.92 Å². The molecule has 2 N–H and O–H groups in total. The van der Waals surface area contributed by atoms with E-state index in [1.165, 1.54) is 0 Å². The summed E-state index contributed by atoms with van der Waals surface area (Å²) in [5.41, 5.74) is 0. The summed E-state index contributed by atoms with van der Waals surface area (Å²) in [5, 5.41) is 19.6. The highest BCUT2D eigenvalue weighted by atomic mass is 16.5. The lowest BCUT2D eigenvalue weighted by atomic mass is 10.1. The molecule has 0 amide bonds. The number of aliphatic hydroxyl groups is 2. The van der Waals surface area contributed by atoms with Crippen molar-refractivity contribution < 1.29 is 19.7 Å². The third kappa shape index (κ3) is 5.86. The second-order valence-electron chi connectivity index (χ2n) is 5.42. The van der Waals surface area contributed by atoms with Gasteiger partial charge in [0.15, 0.2) is 0 Å². The predicted molar refractivity (Wildman–Crippen MR) is 71.8 cm³/mol. The first-order valence-electron chi connectivity index (χ1n) is 6.82. The highest BCUT2D eigenvalue weighted by Gasteiger charge is 2.32. The lowest BCUT2D eigenvalue weighted by Gasteiger charge is -2.28. The van der Waals surface area contributed by atoms with Crippen LogP contribution in [0.1, 0.15) is 19.8 Å². The fraction of sp³-hybridized carbons (Fsp3) is 0.923. The summed E-state index contributed by atoms with van der Waals surface area (Å²) in [5.74, 6) is -0.376. The topological polar surface area (TPSA) is 73.2 Å². The second kappa shape index (κ2) is 7.79. The van der Waals surface area contributed by atoms with E-state index in [4.69, 9.17) is 4.74 Å². The number of carbonyl (C=O) groups excluding carboxylic acids is 1. The van der Waals surface area contributed by atoms with Crippen LogP contribution >= 0.6 is 0 Å². The Balaban J connectivity index is 2.42. The van der Waals surface area contributed by atoms with Gasteiger partial charge in [0, 0.05) is 25.7 Å². The molecule has 0 aromatic heterocycles. The van der Waals surface area contributed by atoms with Crippen LogP contribution in [-0.2, 0) is 9.53 Å². The first-order chi connectivity index (χ1) is 8.92. The number of likely N-dealkylation sites (N-methyl/N-ethyl adjacent to an activating group) is 1. The lowest BCUT2D eigenvalue weighted by molar-refractivity contribution is -0.145. The van der Waals surface area contributed by atoms with Crippen LogP contribution in [0.3, 0.4) is 0 Å². The number of aliphatic hydroxyl groups excluding tert-OH is 2. The van der Waals surface area contributed by atoms with Gasteiger partial charge >= 0.3 is 5.97 Å². The minimum atomic E-state index is -0.742. The molecule has 1 saturated heterocycles. The molecular formula is C13H26N2O4. The standard InChI is InChI=1S/C13H26N2O4/c1-4-19-13(18)6-12(17)9-15-8-11(16)5-10(15)7-14(2)3/h10-12,16-17H,4-9H2,1-3H3. The summed E-state index contributed by atoms with van der Waals surface area (Å²) < 4.78 is 4.81. The fourth-order valence-corrected chi connectivity index (χ4v) is 2.54. The van der Waals surface area contributed by atoms with Gasteiger partial charge in [-0.15, -0.1) is 0 Å². The number of β-amino-alcohol motifs (C(OH)–C–C–N with tert-alkyl or cyclic N) is 2. The molecule has 3 atom stereocenters. The zero-order valence-electron chi connectivity index (χ0n) is 12.1. The Kier molecular flexibility index (Phi) is 6.71. The maximum absolute atomic E-state index is 11.3. The van der Waals surface area contributed by atoms with E-state index in [0.717, 1.165) is 6.54 Å². The highest BCUT2D eigenvalue weighted by Crippen LogP contribution is 2.19. The predicted octanol–water partition coefficient (Wildman–Crippen LogP) is -0.703. The zero-order valence-corrected chi connectivity index (χ0v) is 12.1. The monoisotopic (exact) mass is 274 g/mol. The van der Waals surface area contributed by atoms with Crippen molar-refractivity contribution in [3.63, 3.8) is 0 Å². The van der Waals surface area contributed by atoms with E-state index in [9.17, 15) is 15.0 Å². The third-order valence-electron chi connectivity index (χ3n) is 3.23. The van der Waals surface area contributed by atoms with Crippen molar-refractivity contribution in [2.24, 2.45) is 0 Å². The molecule has 0 aliphatic carbocycles. The number of hydrogen-bond donors (Lipinski definition) is 2. The van der Waals surface area contributed by atoms with Crippen LogP contribution in [0.4, 0.5) is 0 Å². The molecule has 0 spiro atoms. The zero-order chi connectivity index (χ0) is 14.4. The summed E-state index contributed by atoms with van der Waals surface area (Å²) in [6.07, 6.45) is -0.367. The molecule has 0 aromatic carbocycles. The molecule has 6 nitrogen and oxygen atoms in total.